The third-order valence-corrected chi connectivity index (χ3v) is 4.84. The van der Waals surface area contributed by atoms with E-state index in [2.05, 4.69) is 50.2 Å². The van der Waals surface area contributed by atoms with E-state index in [4.69, 9.17) is 5.73 Å². The molecule has 0 saturated heterocycles. The fourth-order valence-corrected chi connectivity index (χ4v) is 3.60. The van der Waals surface area contributed by atoms with Gasteiger partial charge < -0.3 is 10.6 Å². The minimum absolute atomic E-state index is 0.196. The van der Waals surface area contributed by atoms with Crippen molar-refractivity contribution < 1.29 is 0 Å². The number of likely N-dealkylation sites (N-methyl/N-ethyl adjacent to an activating group) is 1. The first-order valence-corrected chi connectivity index (χ1v) is 7.53. The van der Waals surface area contributed by atoms with E-state index in [9.17, 15) is 0 Å². The highest BCUT2D eigenvalue weighted by atomic mass is 15.2. The molecule has 0 heterocycles. The zero-order chi connectivity index (χ0) is 13.9. The van der Waals surface area contributed by atoms with Gasteiger partial charge in [-0.1, -0.05) is 49.1 Å². The minimum atomic E-state index is 0.196. The third kappa shape index (κ3) is 3.18. The van der Waals surface area contributed by atoms with Gasteiger partial charge >= 0.3 is 0 Å². The van der Waals surface area contributed by atoms with Gasteiger partial charge in [-0.25, -0.2) is 0 Å². The number of hydrogen-bond donors (Lipinski definition) is 1. The lowest BCUT2D eigenvalue weighted by atomic mass is 9.74. The van der Waals surface area contributed by atoms with E-state index in [0.717, 1.165) is 6.42 Å². The van der Waals surface area contributed by atoms with Gasteiger partial charge in [0.05, 0.1) is 0 Å². The quantitative estimate of drug-likeness (QED) is 0.901. The van der Waals surface area contributed by atoms with Crippen molar-refractivity contribution >= 4 is 0 Å². The van der Waals surface area contributed by atoms with Crippen molar-refractivity contribution in [2.75, 3.05) is 14.1 Å². The Morgan fingerprint density at radius 1 is 1.21 bits per heavy atom. The van der Waals surface area contributed by atoms with Crippen LogP contribution in [0.4, 0.5) is 0 Å². The lowest BCUT2D eigenvalue weighted by Gasteiger charge is -2.47. The summed E-state index contributed by atoms with van der Waals surface area (Å²) >= 11 is 0. The first-order valence-electron chi connectivity index (χ1n) is 7.53. The molecule has 2 rings (SSSR count). The standard InChI is InChI=1S/C17H28N2/c1-14-8-7-9-15(12-14)13-16(18)17(19(2)3)10-5-4-6-11-17/h7-9,12,16H,4-6,10-11,13,18H2,1-3H3. The largest absolute Gasteiger partial charge is 0.326 e. The van der Waals surface area contributed by atoms with Crippen molar-refractivity contribution in [3.63, 3.8) is 0 Å². The molecule has 0 amide bonds. The topological polar surface area (TPSA) is 29.3 Å². The van der Waals surface area contributed by atoms with Crippen molar-refractivity contribution in [3.8, 4) is 0 Å². The molecule has 0 aromatic heterocycles. The second-order valence-electron chi connectivity index (χ2n) is 6.36. The van der Waals surface area contributed by atoms with Crippen LogP contribution in [0.3, 0.4) is 0 Å². The minimum Gasteiger partial charge on any atom is -0.326 e. The van der Waals surface area contributed by atoms with Crippen molar-refractivity contribution in [1.29, 1.82) is 0 Å². The fourth-order valence-electron chi connectivity index (χ4n) is 3.60. The van der Waals surface area contributed by atoms with E-state index in [0.29, 0.717) is 0 Å². The van der Waals surface area contributed by atoms with E-state index in [1.807, 2.05) is 0 Å². The van der Waals surface area contributed by atoms with E-state index < -0.39 is 0 Å². The molecule has 1 fully saturated rings. The molecule has 0 bridgehead atoms. The van der Waals surface area contributed by atoms with E-state index in [-0.39, 0.29) is 11.6 Å². The van der Waals surface area contributed by atoms with Crippen LogP contribution in [-0.2, 0) is 6.42 Å². The van der Waals surface area contributed by atoms with Gasteiger partial charge in [-0.2, -0.15) is 0 Å². The summed E-state index contributed by atoms with van der Waals surface area (Å²) in [5.74, 6) is 0. The van der Waals surface area contributed by atoms with Crippen LogP contribution < -0.4 is 5.73 Å². The lowest BCUT2D eigenvalue weighted by Crippen LogP contribution is -2.59. The number of rotatable bonds is 4. The molecule has 0 aliphatic heterocycles. The maximum atomic E-state index is 6.62. The summed E-state index contributed by atoms with van der Waals surface area (Å²) in [4.78, 5) is 2.38. The Labute approximate surface area is 118 Å². The molecule has 19 heavy (non-hydrogen) atoms. The zero-order valence-electron chi connectivity index (χ0n) is 12.7. The first kappa shape index (κ1) is 14.5. The van der Waals surface area contributed by atoms with Gasteiger partial charge in [0, 0.05) is 11.6 Å². The van der Waals surface area contributed by atoms with Gasteiger partial charge in [-0.3, -0.25) is 0 Å². The summed E-state index contributed by atoms with van der Waals surface area (Å²) in [6.07, 6.45) is 7.48. The normalized spacial score (nSPS) is 20.5. The van der Waals surface area contributed by atoms with Crippen LogP contribution in [0.15, 0.2) is 24.3 Å². The molecule has 106 valence electrons. The maximum Gasteiger partial charge on any atom is 0.0357 e. The summed E-state index contributed by atoms with van der Waals surface area (Å²) < 4.78 is 0. The first-order chi connectivity index (χ1) is 9.04. The number of benzene rings is 1. The molecule has 2 heteroatoms. The maximum absolute atomic E-state index is 6.62. The summed E-state index contributed by atoms with van der Waals surface area (Å²) in [5.41, 5.74) is 9.52. The molecular formula is C17H28N2. The second kappa shape index (κ2) is 6.06. The van der Waals surface area contributed by atoms with Crippen LogP contribution in [-0.4, -0.2) is 30.6 Å². The average molecular weight is 260 g/mol. The third-order valence-electron chi connectivity index (χ3n) is 4.84. The molecule has 1 saturated carbocycles. The molecular weight excluding hydrogens is 232 g/mol. The van der Waals surface area contributed by atoms with Gasteiger partial charge in [0.1, 0.15) is 0 Å². The highest BCUT2D eigenvalue weighted by molar-refractivity contribution is 5.24. The van der Waals surface area contributed by atoms with Crippen LogP contribution in [0.25, 0.3) is 0 Å². The summed E-state index contributed by atoms with van der Waals surface area (Å²) in [7, 11) is 4.39. The Morgan fingerprint density at radius 3 is 2.47 bits per heavy atom. The molecule has 0 spiro atoms. The van der Waals surface area contributed by atoms with Crippen LogP contribution in [0.5, 0.6) is 0 Å². The van der Waals surface area contributed by atoms with E-state index in [1.54, 1.807) is 0 Å². The predicted molar refractivity (Wildman–Crippen MR) is 82.4 cm³/mol. The van der Waals surface area contributed by atoms with Crippen molar-refractivity contribution in [2.45, 2.75) is 57.0 Å². The highest BCUT2D eigenvalue weighted by Gasteiger charge is 2.39. The summed E-state index contributed by atoms with van der Waals surface area (Å²) in [6, 6.07) is 8.99. The summed E-state index contributed by atoms with van der Waals surface area (Å²) in [6.45, 7) is 2.15. The molecule has 1 aromatic rings. The number of nitrogens with zero attached hydrogens (tertiary/aromatic N) is 1. The molecule has 1 aromatic carbocycles. The van der Waals surface area contributed by atoms with Gasteiger partial charge in [-0.15, -0.1) is 0 Å². The molecule has 1 aliphatic rings. The van der Waals surface area contributed by atoms with E-state index in [1.165, 1.54) is 43.2 Å². The van der Waals surface area contributed by atoms with Crippen LogP contribution in [0.2, 0.25) is 0 Å². The Bertz CT molecular complexity index is 405. The molecule has 2 nitrogen and oxygen atoms in total. The zero-order valence-corrected chi connectivity index (χ0v) is 12.7. The van der Waals surface area contributed by atoms with E-state index >= 15 is 0 Å². The lowest BCUT2D eigenvalue weighted by molar-refractivity contribution is 0.0716. The van der Waals surface area contributed by atoms with Gasteiger partial charge in [0.25, 0.3) is 0 Å². The summed E-state index contributed by atoms with van der Waals surface area (Å²) in [5, 5.41) is 0. The van der Waals surface area contributed by atoms with Gasteiger partial charge in [-0.05, 0) is 45.8 Å². The monoisotopic (exact) mass is 260 g/mol. The Morgan fingerprint density at radius 2 is 1.89 bits per heavy atom. The predicted octanol–water partition coefficient (Wildman–Crippen LogP) is 3.13. The number of nitrogens with two attached hydrogens (primary N) is 1. The van der Waals surface area contributed by atoms with Crippen molar-refractivity contribution in [3.05, 3.63) is 35.4 Å². The van der Waals surface area contributed by atoms with Gasteiger partial charge in [0.2, 0.25) is 0 Å². The molecule has 1 atom stereocenters. The Balaban J connectivity index is 2.13. The molecule has 2 N–H and O–H groups in total. The highest BCUT2D eigenvalue weighted by Crippen LogP contribution is 2.35. The average Bonchev–Trinajstić information content (AvgIpc) is 2.39. The van der Waals surface area contributed by atoms with Crippen molar-refractivity contribution in [1.82, 2.24) is 4.90 Å². The molecule has 1 aliphatic carbocycles. The van der Waals surface area contributed by atoms with Crippen LogP contribution >= 0.6 is 0 Å². The van der Waals surface area contributed by atoms with Gasteiger partial charge in [0.15, 0.2) is 0 Å². The van der Waals surface area contributed by atoms with Crippen molar-refractivity contribution in [2.24, 2.45) is 5.73 Å². The number of hydrogen-bond acceptors (Lipinski definition) is 2. The molecule has 0 radical (unpaired) electrons. The Hall–Kier alpha value is -0.860. The fraction of sp³-hybridized carbons (Fsp3) is 0.647. The van der Waals surface area contributed by atoms with Crippen LogP contribution in [0, 0.1) is 6.92 Å². The number of aryl methyl sites for hydroxylation is 1. The molecule has 1 unspecified atom stereocenters. The second-order valence-corrected chi connectivity index (χ2v) is 6.36. The SMILES string of the molecule is Cc1cccc(CC(N)C2(N(C)C)CCCCC2)c1. The van der Waals surface area contributed by atoms with Crippen LogP contribution in [0.1, 0.15) is 43.2 Å². The Kier molecular flexibility index (Phi) is 4.64. The smallest absolute Gasteiger partial charge is 0.0357 e.